The molecular formula is C16H31N3. The molecule has 0 aliphatic carbocycles. The van der Waals surface area contributed by atoms with Crippen LogP contribution in [0.2, 0.25) is 0 Å². The molecule has 0 radical (unpaired) electrons. The molecule has 1 unspecified atom stereocenters. The van der Waals surface area contributed by atoms with Crippen LogP contribution in [0.15, 0.2) is 0 Å². The first-order valence-corrected chi connectivity index (χ1v) is 7.95. The Hall–Kier alpha value is -0.590. The third kappa shape index (κ3) is 6.40. The van der Waals surface area contributed by atoms with Crippen LogP contribution in [0.1, 0.15) is 59.3 Å². The number of piperidine rings is 1. The van der Waals surface area contributed by atoms with Crippen LogP contribution in [-0.4, -0.2) is 37.1 Å². The largest absolute Gasteiger partial charge is 0.315 e. The summed E-state index contributed by atoms with van der Waals surface area (Å²) >= 11 is 0. The van der Waals surface area contributed by atoms with E-state index in [-0.39, 0.29) is 5.41 Å². The molecule has 0 amide bonds. The summed E-state index contributed by atoms with van der Waals surface area (Å²) in [6.07, 6.45) is 7.30. The molecule has 0 aromatic rings. The highest BCUT2D eigenvalue weighted by Gasteiger charge is 2.20. The van der Waals surface area contributed by atoms with E-state index in [0.29, 0.717) is 0 Å². The summed E-state index contributed by atoms with van der Waals surface area (Å²) in [6.45, 7) is 11.1. The van der Waals surface area contributed by atoms with Gasteiger partial charge in [0, 0.05) is 12.6 Å². The van der Waals surface area contributed by atoms with Gasteiger partial charge in [-0.3, -0.25) is 4.90 Å². The van der Waals surface area contributed by atoms with Crippen molar-refractivity contribution < 1.29 is 0 Å². The second-order valence-corrected chi connectivity index (χ2v) is 6.49. The number of nitrogens with one attached hydrogen (secondary N) is 1. The van der Waals surface area contributed by atoms with Crippen molar-refractivity contribution >= 4 is 0 Å². The molecule has 1 saturated heterocycles. The van der Waals surface area contributed by atoms with E-state index in [1.807, 2.05) is 13.8 Å². The quantitative estimate of drug-likeness (QED) is 0.685. The Balaban J connectivity index is 2.27. The Kier molecular flexibility index (Phi) is 7.41. The van der Waals surface area contributed by atoms with Crippen LogP contribution in [-0.2, 0) is 0 Å². The molecule has 1 rings (SSSR count). The van der Waals surface area contributed by atoms with Crippen LogP contribution in [0, 0.1) is 16.7 Å². The average Bonchev–Trinajstić information content (AvgIpc) is 2.43. The van der Waals surface area contributed by atoms with Crippen molar-refractivity contribution in [3.05, 3.63) is 0 Å². The number of hydrogen-bond acceptors (Lipinski definition) is 3. The molecule has 0 bridgehead atoms. The van der Waals surface area contributed by atoms with Gasteiger partial charge >= 0.3 is 0 Å². The second kappa shape index (κ2) is 8.55. The minimum Gasteiger partial charge on any atom is -0.315 e. The van der Waals surface area contributed by atoms with Gasteiger partial charge in [0.05, 0.1) is 11.5 Å². The van der Waals surface area contributed by atoms with Gasteiger partial charge in [-0.05, 0) is 65.6 Å². The first-order chi connectivity index (χ1) is 9.09. The summed E-state index contributed by atoms with van der Waals surface area (Å²) < 4.78 is 0. The molecule has 1 aliphatic heterocycles. The summed E-state index contributed by atoms with van der Waals surface area (Å²) in [5.74, 6) is 0. The molecule has 3 heteroatoms. The minimum atomic E-state index is -0.151. The Morgan fingerprint density at radius 2 is 2.11 bits per heavy atom. The number of rotatable bonds is 8. The van der Waals surface area contributed by atoms with Gasteiger partial charge in [-0.25, -0.2) is 0 Å². The summed E-state index contributed by atoms with van der Waals surface area (Å²) in [5.41, 5.74) is -0.151. The average molecular weight is 265 g/mol. The van der Waals surface area contributed by atoms with Gasteiger partial charge in [0.25, 0.3) is 0 Å². The predicted molar refractivity (Wildman–Crippen MR) is 81.0 cm³/mol. The molecule has 1 N–H and O–H groups in total. The lowest BCUT2D eigenvalue weighted by Crippen LogP contribution is -2.46. The highest BCUT2D eigenvalue weighted by molar-refractivity contribution is 4.91. The van der Waals surface area contributed by atoms with Crippen molar-refractivity contribution in [2.75, 3.05) is 26.2 Å². The maximum absolute atomic E-state index is 9.02. The Morgan fingerprint density at radius 3 is 2.68 bits per heavy atom. The molecule has 0 aromatic heterocycles. The standard InChI is InChI=1S/C16H31N3/c1-4-11-19(15-8-7-10-18-13-15)12-6-5-9-16(2,3)14-17/h15,18H,4-13H2,1-3H3. The molecule has 3 nitrogen and oxygen atoms in total. The van der Waals surface area contributed by atoms with Crippen molar-refractivity contribution in [1.82, 2.24) is 10.2 Å². The molecule has 1 heterocycles. The smallest absolute Gasteiger partial charge is 0.0683 e. The van der Waals surface area contributed by atoms with E-state index in [9.17, 15) is 0 Å². The molecule has 110 valence electrons. The lowest BCUT2D eigenvalue weighted by Gasteiger charge is -2.34. The zero-order valence-electron chi connectivity index (χ0n) is 13.0. The summed E-state index contributed by atoms with van der Waals surface area (Å²) in [6, 6.07) is 3.13. The summed E-state index contributed by atoms with van der Waals surface area (Å²) in [7, 11) is 0. The van der Waals surface area contributed by atoms with Crippen LogP contribution in [0.4, 0.5) is 0 Å². The topological polar surface area (TPSA) is 39.1 Å². The Bertz CT molecular complexity index is 274. The third-order valence-corrected chi connectivity index (χ3v) is 4.10. The zero-order chi connectivity index (χ0) is 14.1. The van der Waals surface area contributed by atoms with Crippen molar-refractivity contribution in [3.63, 3.8) is 0 Å². The van der Waals surface area contributed by atoms with Crippen LogP contribution in [0.3, 0.4) is 0 Å². The van der Waals surface area contributed by atoms with E-state index < -0.39 is 0 Å². The predicted octanol–water partition coefficient (Wildman–Crippen LogP) is 3.17. The highest BCUT2D eigenvalue weighted by atomic mass is 15.2. The lowest BCUT2D eigenvalue weighted by atomic mass is 9.89. The van der Waals surface area contributed by atoms with Gasteiger partial charge in [0.1, 0.15) is 0 Å². The molecule has 1 fully saturated rings. The monoisotopic (exact) mass is 265 g/mol. The van der Waals surface area contributed by atoms with Gasteiger partial charge in [0.15, 0.2) is 0 Å². The minimum absolute atomic E-state index is 0.151. The molecule has 1 atom stereocenters. The van der Waals surface area contributed by atoms with E-state index in [1.165, 1.54) is 51.7 Å². The van der Waals surface area contributed by atoms with Crippen LogP contribution >= 0.6 is 0 Å². The van der Waals surface area contributed by atoms with Gasteiger partial charge in [-0.1, -0.05) is 13.3 Å². The third-order valence-electron chi connectivity index (χ3n) is 4.10. The van der Waals surface area contributed by atoms with E-state index in [1.54, 1.807) is 0 Å². The molecule has 19 heavy (non-hydrogen) atoms. The Labute approximate surface area is 119 Å². The highest BCUT2D eigenvalue weighted by Crippen LogP contribution is 2.22. The van der Waals surface area contributed by atoms with Crippen LogP contribution < -0.4 is 5.32 Å². The summed E-state index contributed by atoms with van der Waals surface area (Å²) in [5, 5.41) is 12.5. The van der Waals surface area contributed by atoms with Crippen LogP contribution in [0.5, 0.6) is 0 Å². The number of unbranched alkanes of at least 4 members (excludes halogenated alkanes) is 1. The van der Waals surface area contributed by atoms with Crippen molar-refractivity contribution in [2.45, 2.75) is 65.3 Å². The Morgan fingerprint density at radius 1 is 1.32 bits per heavy atom. The summed E-state index contributed by atoms with van der Waals surface area (Å²) in [4.78, 5) is 2.66. The second-order valence-electron chi connectivity index (χ2n) is 6.49. The first kappa shape index (κ1) is 16.5. The SMILES string of the molecule is CCCN(CCCCC(C)(C)C#N)C1CCCNC1. The molecule has 0 aromatic carbocycles. The van der Waals surface area contributed by atoms with Crippen molar-refractivity contribution in [2.24, 2.45) is 5.41 Å². The number of nitrogens with zero attached hydrogens (tertiary/aromatic N) is 2. The first-order valence-electron chi connectivity index (χ1n) is 7.95. The van der Waals surface area contributed by atoms with Gasteiger partial charge in [0.2, 0.25) is 0 Å². The fourth-order valence-corrected chi connectivity index (χ4v) is 2.85. The van der Waals surface area contributed by atoms with E-state index in [0.717, 1.165) is 19.0 Å². The van der Waals surface area contributed by atoms with Gasteiger partial charge in [-0.2, -0.15) is 5.26 Å². The zero-order valence-corrected chi connectivity index (χ0v) is 13.0. The van der Waals surface area contributed by atoms with E-state index in [2.05, 4.69) is 23.2 Å². The van der Waals surface area contributed by atoms with Crippen molar-refractivity contribution in [1.29, 1.82) is 5.26 Å². The van der Waals surface area contributed by atoms with Crippen molar-refractivity contribution in [3.8, 4) is 6.07 Å². The van der Waals surface area contributed by atoms with E-state index in [4.69, 9.17) is 5.26 Å². The number of hydrogen-bond donors (Lipinski definition) is 1. The maximum atomic E-state index is 9.02. The van der Waals surface area contributed by atoms with Gasteiger partial charge < -0.3 is 5.32 Å². The van der Waals surface area contributed by atoms with Crippen LogP contribution in [0.25, 0.3) is 0 Å². The number of nitriles is 1. The van der Waals surface area contributed by atoms with E-state index >= 15 is 0 Å². The normalized spacial score (nSPS) is 20.5. The molecule has 0 saturated carbocycles. The lowest BCUT2D eigenvalue weighted by molar-refractivity contribution is 0.161. The fraction of sp³-hybridized carbons (Fsp3) is 0.938. The van der Waals surface area contributed by atoms with Gasteiger partial charge in [-0.15, -0.1) is 0 Å². The molecule has 0 spiro atoms. The molecule has 1 aliphatic rings. The fourth-order valence-electron chi connectivity index (χ4n) is 2.85. The maximum Gasteiger partial charge on any atom is 0.0683 e. The molecular weight excluding hydrogens is 234 g/mol.